The molecule has 1 aromatic heterocycles. The summed E-state index contributed by atoms with van der Waals surface area (Å²) in [4.78, 5) is 9.92. The molecule has 0 saturated heterocycles. The van der Waals surface area contributed by atoms with Gasteiger partial charge in [0.25, 0.3) is 5.09 Å². The molecule has 0 aliphatic heterocycles. The van der Waals surface area contributed by atoms with Crippen molar-refractivity contribution in [2.75, 3.05) is 5.43 Å². The van der Waals surface area contributed by atoms with Gasteiger partial charge in [-0.15, -0.1) is 10.1 Å². The molecule has 0 fully saturated rings. The molecule has 1 heterocycles. The summed E-state index contributed by atoms with van der Waals surface area (Å²) in [6, 6.07) is 1.94. The Kier molecular flexibility index (Phi) is 4.68. The van der Waals surface area contributed by atoms with Crippen molar-refractivity contribution < 1.29 is 10.3 Å². The fraction of sp³-hybridized carbons (Fsp3) is 0.333. The molecule has 0 amide bonds. The SMILES string of the molecule is Cc1cc(C)n(NC=N)n1.O=[N+]([O-])O. The Hall–Kier alpha value is -2.12. The summed E-state index contributed by atoms with van der Waals surface area (Å²) in [6.45, 7) is 3.84. The largest absolute Gasteiger partial charge is 0.328 e. The molecule has 1 aromatic rings. The van der Waals surface area contributed by atoms with E-state index < -0.39 is 5.09 Å². The molecular weight excluding hydrogens is 190 g/mol. The van der Waals surface area contributed by atoms with Crippen molar-refractivity contribution in [2.45, 2.75) is 13.8 Å². The highest BCUT2D eigenvalue weighted by Gasteiger charge is 1.96. The van der Waals surface area contributed by atoms with E-state index in [2.05, 4.69) is 10.5 Å². The van der Waals surface area contributed by atoms with Crippen molar-refractivity contribution in [3.63, 3.8) is 0 Å². The van der Waals surface area contributed by atoms with E-state index in [1.54, 1.807) is 4.79 Å². The highest BCUT2D eigenvalue weighted by Crippen LogP contribution is 1.97. The zero-order valence-electron chi connectivity index (χ0n) is 7.76. The Morgan fingerprint density at radius 1 is 1.79 bits per heavy atom. The second kappa shape index (κ2) is 5.51. The smallest absolute Gasteiger partial charge is 0.291 e. The van der Waals surface area contributed by atoms with Crippen LogP contribution in [0.2, 0.25) is 0 Å². The van der Waals surface area contributed by atoms with E-state index in [0.29, 0.717) is 0 Å². The number of aryl methyl sites for hydroxylation is 2. The summed E-state index contributed by atoms with van der Waals surface area (Å²) in [5.41, 5.74) is 4.60. The minimum absolute atomic E-state index is 0.951. The van der Waals surface area contributed by atoms with Crippen molar-refractivity contribution in [1.82, 2.24) is 9.89 Å². The summed E-state index contributed by atoms with van der Waals surface area (Å²) in [5.74, 6) is 0. The summed E-state index contributed by atoms with van der Waals surface area (Å²) >= 11 is 0. The molecule has 0 unspecified atom stereocenters. The van der Waals surface area contributed by atoms with Crippen LogP contribution < -0.4 is 5.43 Å². The molecule has 0 radical (unpaired) electrons. The molecule has 1 rings (SSSR count). The predicted molar refractivity (Wildman–Crippen MR) is 48.6 cm³/mol. The van der Waals surface area contributed by atoms with Gasteiger partial charge in [-0.05, 0) is 19.9 Å². The lowest BCUT2D eigenvalue weighted by Crippen LogP contribution is -2.14. The van der Waals surface area contributed by atoms with Crippen LogP contribution in [0.3, 0.4) is 0 Å². The summed E-state index contributed by atoms with van der Waals surface area (Å²) < 4.78 is 0. The van der Waals surface area contributed by atoms with Gasteiger partial charge in [-0.1, -0.05) is 0 Å². The minimum atomic E-state index is -1.50. The molecule has 8 heteroatoms. The first-order chi connectivity index (χ1) is 6.47. The van der Waals surface area contributed by atoms with Crippen molar-refractivity contribution in [2.24, 2.45) is 0 Å². The van der Waals surface area contributed by atoms with E-state index in [0.717, 1.165) is 17.7 Å². The highest BCUT2D eigenvalue weighted by atomic mass is 16.9. The van der Waals surface area contributed by atoms with Crippen LogP contribution in [0, 0.1) is 29.4 Å². The van der Waals surface area contributed by atoms with Gasteiger partial charge >= 0.3 is 0 Å². The molecule has 14 heavy (non-hydrogen) atoms. The van der Waals surface area contributed by atoms with Crippen LogP contribution in [0.15, 0.2) is 6.07 Å². The Labute approximate surface area is 79.7 Å². The molecule has 0 bridgehead atoms. The number of nitrogens with one attached hydrogen (secondary N) is 2. The van der Waals surface area contributed by atoms with E-state index in [-0.39, 0.29) is 0 Å². The molecular formula is C6H11N5O3. The standard InChI is InChI=1S/C6H10N4.HNO3/c1-5-3-6(2)10(9-5)8-4-7;2-1(3)4/h3-4H,1-2H3,(H2,7,8);(H,2,3,4). The Morgan fingerprint density at radius 3 is 2.57 bits per heavy atom. The van der Waals surface area contributed by atoms with Gasteiger partial charge in [0.1, 0.15) is 0 Å². The van der Waals surface area contributed by atoms with Crippen molar-refractivity contribution in [3.05, 3.63) is 27.6 Å². The Morgan fingerprint density at radius 2 is 2.29 bits per heavy atom. The summed E-state index contributed by atoms with van der Waals surface area (Å²) in [7, 11) is 0. The van der Waals surface area contributed by atoms with Crippen LogP contribution in [0.25, 0.3) is 0 Å². The molecule has 0 aliphatic rings. The topological polar surface area (TPSA) is 117 Å². The third-order valence-electron chi connectivity index (χ3n) is 1.20. The first-order valence-electron chi connectivity index (χ1n) is 3.59. The van der Waals surface area contributed by atoms with Crippen LogP contribution in [-0.4, -0.2) is 26.5 Å². The normalized spacial score (nSPS) is 8.43. The molecule has 78 valence electrons. The Balaban J connectivity index is 0.000000364. The third-order valence-corrected chi connectivity index (χ3v) is 1.20. The monoisotopic (exact) mass is 201 g/mol. The molecule has 0 aliphatic carbocycles. The predicted octanol–water partition coefficient (Wildman–Crippen LogP) is 0.303. The number of rotatable bonds is 2. The van der Waals surface area contributed by atoms with Gasteiger partial charge < -0.3 is 5.21 Å². The lowest BCUT2D eigenvalue weighted by atomic mass is 10.4. The lowest BCUT2D eigenvalue weighted by molar-refractivity contribution is -0.742. The zero-order valence-corrected chi connectivity index (χ0v) is 7.76. The number of aromatic nitrogens is 2. The lowest BCUT2D eigenvalue weighted by Gasteiger charge is -1.98. The van der Waals surface area contributed by atoms with Crippen LogP contribution in [0.1, 0.15) is 11.4 Å². The van der Waals surface area contributed by atoms with E-state index in [4.69, 9.17) is 20.7 Å². The minimum Gasteiger partial charge on any atom is -0.328 e. The van der Waals surface area contributed by atoms with Crippen molar-refractivity contribution in [3.8, 4) is 0 Å². The maximum atomic E-state index is 8.36. The average Bonchev–Trinajstić information content (AvgIpc) is 2.30. The van der Waals surface area contributed by atoms with E-state index in [1.807, 2.05) is 19.9 Å². The Bertz CT molecular complexity index is 317. The van der Waals surface area contributed by atoms with E-state index >= 15 is 0 Å². The zero-order chi connectivity index (χ0) is 11.1. The van der Waals surface area contributed by atoms with E-state index in [1.165, 1.54) is 0 Å². The van der Waals surface area contributed by atoms with E-state index in [9.17, 15) is 0 Å². The first-order valence-corrected chi connectivity index (χ1v) is 3.59. The summed E-state index contributed by atoms with van der Waals surface area (Å²) in [6.07, 6.45) is 1.10. The number of hydrogen-bond acceptors (Lipinski definition) is 4. The number of nitrogens with zero attached hydrogens (tertiary/aromatic N) is 3. The van der Waals surface area contributed by atoms with Crippen LogP contribution >= 0.6 is 0 Å². The second-order valence-corrected chi connectivity index (χ2v) is 2.35. The molecule has 3 N–H and O–H groups in total. The fourth-order valence-electron chi connectivity index (χ4n) is 0.821. The average molecular weight is 201 g/mol. The number of hydrogen-bond donors (Lipinski definition) is 3. The van der Waals surface area contributed by atoms with Crippen LogP contribution in [-0.2, 0) is 0 Å². The molecule has 0 saturated carbocycles. The maximum absolute atomic E-state index is 8.36. The molecule has 0 spiro atoms. The van der Waals surface area contributed by atoms with Gasteiger partial charge in [0.05, 0.1) is 17.7 Å². The fourth-order valence-corrected chi connectivity index (χ4v) is 0.821. The van der Waals surface area contributed by atoms with Gasteiger partial charge in [-0.2, -0.15) is 9.89 Å². The van der Waals surface area contributed by atoms with Gasteiger partial charge in [0.2, 0.25) is 0 Å². The second-order valence-electron chi connectivity index (χ2n) is 2.35. The summed E-state index contributed by atoms with van der Waals surface area (Å²) in [5, 5.41) is 24.4. The van der Waals surface area contributed by atoms with Crippen LogP contribution in [0.4, 0.5) is 0 Å². The first kappa shape index (κ1) is 11.9. The van der Waals surface area contributed by atoms with Gasteiger partial charge in [0.15, 0.2) is 0 Å². The third kappa shape index (κ3) is 4.70. The van der Waals surface area contributed by atoms with Crippen molar-refractivity contribution in [1.29, 1.82) is 5.41 Å². The maximum Gasteiger partial charge on any atom is 0.291 e. The quantitative estimate of drug-likeness (QED) is 0.275. The molecule has 0 aromatic carbocycles. The van der Waals surface area contributed by atoms with Crippen molar-refractivity contribution >= 4 is 6.34 Å². The molecule has 8 nitrogen and oxygen atoms in total. The van der Waals surface area contributed by atoms with Gasteiger partial charge in [-0.3, -0.25) is 10.8 Å². The van der Waals surface area contributed by atoms with Gasteiger partial charge in [-0.25, -0.2) is 0 Å². The van der Waals surface area contributed by atoms with Crippen LogP contribution in [0.5, 0.6) is 0 Å². The highest BCUT2D eigenvalue weighted by molar-refractivity contribution is 5.59. The van der Waals surface area contributed by atoms with Gasteiger partial charge in [0, 0.05) is 0 Å². The molecule has 0 atom stereocenters.